The van der Waals surface area contributed by atoms with Gasteiger partial charge in [-0.1, -0.05) is 6.07 Å². The third-order valence-electron chi connectivity index (χ3n) is 4.94. The largest absolute Gasteiger partial charge is 0.442 e. The first-order valence-corrected chi connectivity index (χ1v) is 10.1. The third-order valence-corrected chi connectivity index (χ3v) is 4.94. The van der Waals surface area contributed by atoms with Crippen molar-refractivity contribution in [1.29, 1.82) is 0 Å². The van der Waals surface area contributed by atoms with E-state index >= 15 is 0 Å². The topological polar surface area (TPSA) is 118 Å². The Hall–Kier alpha value is -4.28. The van der Waals surface area contributed by atoms with Gasteiger partial charge in [-0.15, -0.1) is 0 Å². The van der Waals surface area contributed by atoms with Crippen LogP contribution in [0.5, 0.6) is 0 Å². The van der Waals surface area contributed by atoms with Gasteiger partial charge in [0.1, 0.15) is 29.8 Å². The predicted molar refractivity (Wildman–Crippen MR) is 117 cm³/mol. The van der Waals surface area contributed by atoms with Crippen molar-refractivity contribution in [3.63, 3.8) is 0 Å². The van der Waals surface area contributed by atoms with Crippen molar-refractivity contribution in [1.82, 2.24) is 19.9 Å². The summed E-state index contributed by atoms with van der Waals surface area (Å²) in [6, 6.07) is 7.73. The summed E-state index contributed by atoms with van der Waals surface area (Å²) in [7, 11) is 0. The molecule has 1 aromatic carbocycles. The molecule has 170 valence electrons. The number of imidazole rings is 1. The van der Waals surface area contributed by atoms with E-state index in [9.17, 15) is 18.8 Å². The predicted octanol–water partition coefficient (Wildman–Crippen LogP) is 2.43. The quantitative estimate of drug-likeness (QED) is 0.593. The zero-order valence-electron chi connectivity index (χ0n) is 17.9. The van der Waals surface area contributed by atoms with Crippen LogP contribution in [0.1, 0.15) is 23.0 Å². The zero-order chi connectivity index (χ0) is 23.5. The summed E-state index contributed by atoms with van der Waals surface area (Å²) >= 11 is 0. The number of ether oxygens (including phenoxy) is 1. The first-order valence-electron chi connectivity index (χ1n) is 10.1. The van der Waals surface area contributed by atoms with Crippen LogP contribution >= 0.6 is 0 Å². The molecule has 0 aliphatic carbocycles. The van der Waals surface area contributed by atoms with Crippen molar-refractivity contribution in [2.75, 3.05) is 23.3 Å². The number of aromatic nitrogens is 3. The molecule has 11 heteroatoms. The molecule has 0 radical (unpaired) electrons. The summed E-state index contributed by atoms with van der Waals surface area (Å²) in [5.41, 5.74) is 1.52. The van der Waals surface area contributed by atoms with E-state index in [0.29, 0.717) is 11.5 Å². The fraction of sp³-hybridized carbons (Fsp3) is 0.227. The minimum atomic E-state index is -0.621. The molecule has 0 saturated carbocycles. The number of carbonyl (C=O) groups excluding carboxylic acids is 3. The maximum atomic E-state index is 14.9. The van der Waals surface area contributed by atoms with Gasteiger partial charge in [-0.3, -0.25) is 14.5 Å². The minimum absolute atomic E-state index is 0.0878. The number of halogens is 1. The van der Waals surface area contributed by atoms with Gasteiger partial charge in [-0.2, -0.15) is 0 Å². The number of carbonyl (C=O) groups is 3. The van der Waals surface area contributed by atoms with Gasteiger partial charge < -0.3 is 19.9 Å². The molecule has 3 aromatic rings. The van der Waals surface area contributed by atoms with E-state index in [1.54, 1.807) is 18.3 Å². The van der Waals surface area contributed by atoms with Gasteiger partial charge >= 0.3 is 6.09 Å². The number of benzene rings is 1. The minimum Gasteiger partial charge on any atom is -0.442 e. The number of rotatable bonds is 6. The lowest BCUT2D eigenvalue weighted by Crippen LogP contribution is -2.33. The highest BCUT2D eigenvalue weighted by atomic mass is 19.1. The Morgan fingerprint density at radius 1 is 1.24 bits per heavy atom. The lowest BCUT2D eigenvalue weighted by Gasteiger charge is -2.14. The number of nitrogens with zero attached hydrogens (tertiary/aromatic N) is 4. The lowest BCUT2D eigenvalue weighted by molar-refractivity contribution is -0.119. The fourth-order valence-corrected chi connectivity index (χ4v) is 3.26. The summed E-state index contributed by atoms with van der Waals surface area (Å²) in [6.07, 6.45) is 3.20. The first-order chi connectivity index (χ1) is 15.8. The second-order valence-electron chi connectivity index (χ2n) is 7.53. The summed E-state index contributed by atoms with van der Waals surface area (Å²) in [6.45, 7) is 3.61. The molecule has 1 aliphatic rings. The van der Waals surface area contributed by atoms with Crippen molar-refractivity contribution >= 4 is 29.4 Å². The van der Waals surface area contributed by atoms with Gasteiger partial charge in [-0.05, 0) is 36.8 Å². The molecule has 0 bridgehead atoms. The molecular formula is C22H21FN6O4. The monoisotopic (exact) mass is 452 g/mol. The van der Waals surface area contributed by atoms with Gasteiger partial charge in [0.05, 0.1) is 24.5 Å². The molecule has 0 spiro atoms. The number of pyridine rings is 1. The van der Waals surface area contributed by atoms with Crippen LogP contribution in [0.4, 0.5) is 20.7 Å². The summed E-state index contributed by atoms with van der Waals surface area (Å²) in [5, 5.41) is 5.22. The molecule has 1 aliphatic heterocycles. The van der Waals surface area contributed by atoms with E-state index in [4.69, 9.17) is 4.74 Å². The Balaban J connectivity index is 1.46. The van der Waals surface area contributed by atoms with Crippen LogP contribution in [0.25, 0.3) is 5.69 Å². The molecular weight excluding hydrogens is 431 g/mol. The Bertz CT molecular complexity index is 1210. The Labute approximate surface area is 188 Å². The van der Waals surface area contributed by atoms with Gasteiger partial charge in [0, 0.05) is 19.3 Å². The number of hydrogen-bond donors (Lipinski definition) is 2. The van der Waals surface area contributed by atoms with Crippen LogP contribution in [0, 0.1) is 12.7 Å². The molecule has 1 saturated heterocycles. The summed E-state index contributed by atoms with van der Waals surface area (Å²) in [4.78, 5) is 45.1. The normalized spacial score (nSPS) is 15.3. The summed E-state index contributed by atoms with van der Waals surface area (Å²) < 4.78 is 21.4. The van der Waals surface area contributed by atoms with E-state index in [0.717, 1.165) is 5.56 Å². The average molecular weight is 452 g/mol. The zero-order valence-corrected chi connectivity index (χ0v) is 17.9. The van der Waals surface area contributed by atoms with E-state index in [1.165, 1.54) is 41.0 Å². The standard InChI is InChI=1S/C22H21FN6O4/c1-13-3-6-20(25-8-13)27-21(31)18-11-28(12-26-18)19-5-4-15(7-17(19)23)29-10-16(33-22(29)32)9-24-14(2)30/h3-8,11-12,16H,9-10H2,1-2H3,(H,24,30)(H,25,27,31). The van der Waals surface area contributed by atoms with Crippen LogP contribution in [0.2, 0.25) is 0 Å². The number of anilines is 2. The van der Waals surface area contributed by atoms with E-state index < -0.39 is 23.9 Å². The van der Waals surface area contributed by atoms with E-state index in [1.807, 2.05) is 13.0 Å². The van der Waals surface area contributed by atoms with Crippen LogP contribution in [0.3, 0.4) is 0 Å². The molecule has 1 atom stereocenters. The van der Waals surface area contributed by atoms with Crippen LogP contribution < -0.4 is 15.5 Å². The SMILES string of the molecule is CC(=O)NCC1CN(c2ccc(-n3cnc(C(=O)Nc4ccc(C)cn4)c3)c(F)c2)C(=O)O1. The van der Waals surface area contributed by atoms with Crippen LogP contribution in [-0.2, 0) is 9.53 Å². The second-order valence-corrected chi connectivity index (χ2v) is 7.53. The number of cyclic esters (lactones) is 1. The maximum absolute atomic E-state index is 14.9. The van der Waals surface area contributed by atoms with Crippen LogP contribution in [-0.4, -0.2) is 51.6 Å². The van der Waals surface area contributed by atoms with Crippen molar-refractivity contribution in [3.8, 4) is 5.69 Å². The fourth-order valence-electron chi connectivity index (χ4n) is 3.26. The van der Waals surface area contributed by atoms with Crippen molar-refractivity contribution in [2.45, 2.75) is 20.0 Å². The second kappa shape index (κ2) is 9.07. The van der Waals surface area contributed by atoms with Crippen molar-refractivity contribution < 1.29 is 23.5 Å². The van der Waals surface area contributed by atoms with Gasteiger partial charge in [0.2, 0.25) is 5.91 Å². The molecule has 4 rings (SSSR count). The highest BCUT2D eigenvalue weighted by molar-refractivity contribution is 6.02. The van der Waals surface area contributed by atoms with Crippen molar-refractivity contribution in [2.24, 2.45) is 0 Å². The molecule has 1 fully saturated rings. The van der Waals surface area contributed by atoms with Gasteiger partial charge in [0.25, 0.3) is 5.91 Å². The number of aryl methyl sites for hydroxylation is 1. The van der Waals surface area contributed by atoms with Gasteiger partial charge in [-0.25, -0.2) is 19.2 Å². The first kappa shape index (κ1) is 21.9. The molecule has 33 heavy (non-hydrogen) atoms. The maximum Gasteiger partial charge on any atom is 0.414 e. The smallest absolute Gasteiger partial charge is 0.414 e. The molecule has 3 heterocycles. The third kappa shape index (κ3) is 4.97. The molecule has 2 aromatic heterocycles. The number of nitrogens with one attached hydrogen (secondary N) is 2. The molecule has 2 N–H and O–H groups in total. The Kier molecular flexibility index (Phi) is 6.03. The highest BCUT2D eigenvalue weighted by Gasteiger charge is 2.32. The number of hydrogen-bond acceptors (Lipinski definition) is 6. The van der Waals surface area contributed by atoms with Crippen molar-refractivity contribution in [3.05, 3.63) is 66.1 Å². The molecule has 10 nitrogen and oxygen atoms in total. The average Bonchev–Trinajstić information content (AvgIpc) is 3.41. The highest BCUT2D eigenvalue weighted by Crippen LogP contribution is 2.25. The molecule has 1 unspecified atom stereocenters. The van der Waals surface area contributed by atoms with E-state index in [2.05, 4.69) is 20.6 Å². The summed E-state index contributed by atoms with van der Waals surface area (Å²) in [5.74, 6) is -0.948. The van der Waals surface area contributed by atoms with E-state index in [-0.39, 0.29) is 30.4 Å². The lowest BCUT2D eigenvalue weighted by atomic mass is 10.2. The van der Waals surface area contributed by atoms with Gasteiger partial charge in [0.15, 0.2) is 0 Å². The number of amides is 3. The Morgan fingerprint density at radius 3 is 2.76 bits per heavy atom. The van der Waals surface area contributed by atoms with Crippen LogP contribution in [0.15, 0.2) is 49.1 Å². The Morgan fingerprint density at radius 2 is 2.06 bits per heavy atom. The molecule has 3 amide bonds.